The molecule has 21 heavy (non-hydrogen) atoms. The normalized spacial score (nSPS) is 10.3. The van der Waals surface area contributed by atoms with E-state index in [0.29, 0.717) is 11.3 Å². The van der Waals surface area contributed by atoms with Gasteiger partial charge in [0.15, 0.2) is 0 Å². The van der Waals surface area contributed by atoms with Gasteiger partial charge in [-0.05, 0) is 11.6 Å². The van der Waals surface area contributed by atoms with Crippen LogP contribution in [0.3, 0.4) is 0 Å². The van der Waals surface area contributed by atoms with Crippen LogP contribution < -0.4 is 5.32 Å². The van der Waals surface area contributed by atoms with Gasteiger partial charge in [-0.25, -0.2) is 9.07 Å². The zero-order valence-corrected chi connectivity index (χ0v) is 11.0. The largest absolute Gasteiger partial charge is 0.480 e. The molecule has 0 aliphatic heterocycles. The van der Waals surface area contributed by atoms with Crippen molar-refractivity contribution in [1.82, 2.24) is 20.3 Å². The molecule has 0 saturated heterocycles. The second kappa shape index (κ2) is 6.60. The van der Waals surface area contributed by atoms with Crippen molar-refractivity contribution in [3.8, 4) is 0 Å². The van der Waals surface area contributed by atoms with Gasteiger partial charge in [-0.2, -0.15) is 0 Å². The minimum atomic E-state index is -1.03. The van der Waals surface area contributed by atoms with E-state index in [0.717, 1.165) is 4.68 Å². The van der Waals surface area contributed by atoms with E-state index in [1.807, 2.05) is 0 Å². The minimum absolute atomic E-state index is 0.0735. The molecular formula is C13H13FN4O3. The van der Waals surface area contributed by atoms with E-state index in [4.69, 9.17) is 5.11 Å². The Kier molecular flexibility index (Phi) is 4.60. The molecule has 0 atom stereocenters. The highest BCUT2D eigenvalue weighted by Crippen LogP contribution is 2.06. The third kappa shape index (κ3) is 4.37. The number of hydrogen-bond acceptors (Lipinski definition) is 4. The predicted octanol–water partition coefficient (Wildman–Crippen LogP) is 0.361. The number of aliphatic carboxylic acids is 1. The number of benzene rings is 1. The monoisotopic (exact) mass is 292 g/mol. The van der Waals surface area contributed by atoms with Gasteiger partial charge in [-0.1, -0.05) is 23.4 Å². The summed E-state index contributed by atoms with van der Waals surface area (Å²) < 4.78 is 14.5. The average molecular weight is 292 g/mol. The van der Waals surface area contributed by atoms with Gasteiger partial charge in [-0.15, -0.1) is 5.10 Å². The van der Waals surface area contributed by atoms with Gasteiger partial charge in [0.05, 0.1) is 19.2 Å². The van der Waals surface area contributed by atoms with E-state index in [1.54, 1.807) is 12.1 Å². The summed E-state index contributed by atoms with van der Waals surface area (Å²) >= 11 is 0. The van der Waals surface area contributed by atoms with Crippen molar-refractivity contribution < 1.29 is 19.1 Å². The molecule has 0 aliphatic carbocycles. The Morgan fingerprint density at radius 2 is 2.10 bits per heavy atom. The molecule has 1 heterocycles. The molecule has 0 aliphatic rings. The van der Waals surface area contributed by atoms with E-state index in [2.05, 4.69) is 15.6 Å². The molecule has 110 valence electrons. The highest BCUT2D eigenvalue weighted by atomic mass is 19.1. The Labute approximate surface area is 119 Å². The van der Waals surface area contributed by atoms with Crippen molar-refractivity contribution in [1.29, 1.82) is 0 Å². The van der Waals surface area contributed by atoms with Crippen LogP contribution >= 0.6 is 0 Å². The Morgan fingerprint density at radius 3 is 2.81 bits per heavy atom. The second-order valence-electron chi connectivity index (χ2n) is 4.35. The molecule has 1 aromatic heterocycles. The fourth-order valence-corrected chi connectivity index (χ4v) is 1.70. The predicted molar refractivity (Wildman–Crippen MR) is 69.6 cm³/mol. The second-order valence-corrected chi connectivity index (χ2v) is 4.35. The topological polar surface area (TPSA) is 97.1 Å². The first-order valence-corrected chi connectivity index (χ1v) is 6.15. The van der Waals surface area contributed by atoms with Crippen molar-refractivity contribution in [3.63, 3.8) is 0 Å². The van der Waals surface area contributed by atoms with Crippen molar-refractivity contribution in [3.05, 3.63) is 47.5 Å². The molecule has 0 fully saturated rings. The molecule has 0 spiro atoms. The third-order valence-electron chi connectivity index (χ3n) is 2.66. The van der Waals surface area contributed by atoms with E-state index in [-0.39, 0.29) is 25.4 Å². The van der Waals surface area contributed by atoms with Crippen LogP contribution in [0.1, 0.15) is 11.3 Å². The number of halogens is 1. The Morgan fingerprint density at radius 1 is 1.33 bits per heavy atom. The Balaban J connectivity index is 1.85. The first-order chi connectivity index (χ1) is 10.0. The Hall–Kier alpha value is -2.77. The molecule has 7 nitrogen and oxygen atoms in total. The van der Waals surface area contributed by atoms with Gasteiger partial charge >= 0.3 is 5.97 Å². The van der Waals surface area contributed by atoms with Gasteiger partial charge in [0.1, 0.15) is 18.1 Å². The van der Waals surface area contributed by atoms with Crippen molar-refractivity contribution in [2.75, 3.05) is 0 Å². The summed E-state index contributed by atoms with van der Waals surface area (Å²) in [6.45, 7) is -0.191. The average Bonchev–Trinajstić information content (AvgIpc) is 2.86. The maximum absolute atomic E-state index is 13.4. The molecule has 0 bridgehead atoms. The highest BCUT2D eigenvalue weighted by Gasteiger charge is 2.09. The summed E-state index contributed by atoms with van der Waals surface area (Å²) in [5.74, 6) is -1.82. The van der Waals surface area contributed by atoms with Crippen molar-refractivity contribution >= 4 is 11.9 Å². The molecule has 0 unspecified atom stereocenters. The lowest BCUT2D eigenvalue weighted by molar-refractivity contribution is -0.138. The third-order valence-corrected chi connectivity index (χ3v) is 2.66. The first-order valence-electron chi connectivity index (χ1n) is 6.15. The lowest BCUT2D eigenvalue weighted by Gasteiger charge is -2.04. The number of carboxylic acid groups (broad SMARTS) is 1. The number of amides is 1. The number of nitrogens with zero attached hydrogens (tertiary/aromatic N) is 3. The maximum atomic E-state index is 13.4. The summed E-state index contributed by atoms with van der Waals surface area (Å²) in [5.41, 5.74) is 0.739. The number of carbonyl (C=O) groups is 2. The van der Waals surface area contributed by atoms with Gasteiger partial charge in [0, 0.05) is 0 Å². The van der Waals surface area contributed by atoms with E-state index in [1.165, 1.54) is 18.3 Å². The number of hydrogen-bond donors (Lipinski definition) is 2. The summed E-state index contributed by atoms with van der Waals surface area (Å²) in [6.07, 6.45) is 1.35. The smallest absolute Gasteiger partial charge is 0.325 e. The zero-order valence-electron chi connectivity index (χ0n) is 11.0. The van der Waals surface area contributed by atoms with Crippen LogP contribution in [0.2, 0.25) is 0 Å². The fraction of sp³-hybridized carbons (Fsp3) is 0.231. The van der Waals surface area contributed by atoms with Crippen LogP contribution in [0, 0.1) is 5.82 Å². The number of aromatic nitrogens is 3. The number of carbonyl (C=O) groups excluding carboxylic acids is 1. The maximum Gasteiger partial charge on any atom is 0.325 e. The molecule has 2 N–H and O–H groups in total. The Bertz CT molecular complexity index is 656. The summed E-state index contributed by atoms with van der Waals surface area (Å²) in [5, 5.41) is 18.5. The SMILES string of the molecule is O=C(O)Cn1cc(CNC(=O)Cc2ccccc2F)nn1. The summed E-state index contributed by atoms with van der Waals surface area (Å²) in [4.78, 5) is 22.2. The van der Waals surface area contributed by atoms with Gasteiger partial charge < -0.3 is 10.4 Å². The molecule has 1 amide bonds. The van der Waals surface area contributed by atoms with Crippen LogP contribution in [-0.4, -0.2) is 32.0 Å². The first kappa shape index (κ1) is 14.6. The lowest BCUT2D eigenvalue weighted by atomic mass is 10.1. The lowest BCUT2D eigenvalue weighted by Crippen LogP contribution is -2.25. The van der Waals surface area contributed by atoms with Crippen molar-refractivity contribution in [2.45, 2.75) is 19.5 Å². The van der Waals surface area contributed by atoms with Gasteiger partial charge in [0.25, 0.3) is 0 Å². The van der Waals surface area contributed by atoms with Crippen LogP contribution in [-0.2, 0) is 29.1 Å². The van der Waals surface area contributed by atoms with Gasteiger partial charge in [-0.3, -0.25) is 9.59 Å². The van der Waals surface area contributed by atoms with E-state index in [9.17, 15) is 14.0 Å². The molecular weight excluding hydrogens is 279 g/mol. The molecule has 2 rings (SSSR count). The molecule has 8 heteroatoms. The van der Waals surface area contributed by atoms with Gasteiger partial charge in [0.2, 0.25) is 5.91 Å². The number of nitrogens with one attached hydrogen (secondary N) is 1. The van der Waals surface area contributed by atoms with Crippen LogP contribution in [0.15, 0.2) is 30.5 Å². The number of carboxylic acids is 1. The standard InChI is InChI=1S/C13H13FN4O3/c14-11-4-2-1-3-9(11)5-12(19)15-6-10-7-18(17-16-10)8-13(20)21/h1-4,7H,5-6,8H2,(H,15,19)(H,20,21). The fourth-order valence-electron chi connectivity index (χ4n) is 1.70. The summed E-state index contributed by atoms with van der Waals surface area (Å²) in [7, 11) is 0. The van der Waals surface area contributed by atoms with Crippen LogP contribution in [0.4, 0.5) is 4.39 Å². The zero-order chi connectivity index (χ0) is 15.2. The van der Waals surface area contributed by atoms with Crippen molar-refractivity contribution in [2.24, 2.45) is 0 Å². The summed E-state index contributed by atoms with van der Waals surface area (Å²) in [6, 6.07) is 6.04. The quantitative estimate of drug-likeness (QED) is 0.801. The highest BCUT2D eigenvalue weighted by molar-refractivity contribution is 5.78. The van der Waals surface area contributed by atoms with Crippen LogP contribution in [0.5, 0.6) is 0 Å². The molecule has 0 saturated carbocycles. The minimum Gasteiger partial charge on any atom is -0.480 e. The van der Waals surface area contributed by atoms with Crippen LogP contribution in [0.25, 0.3) is 0 Å². The van der Waals surface area contributed by atoms with E-state index >= 15 is 0 Å². The van der Waals surface area contributed by atoms with E-state index < -0.39 is 11.8 Å². The number of rotatable bonds is 6. The molecule has 0 radical (unpaired) electrons. The molecule has 2 aromatic rings. The molecule has 1 aromatic carbocycles.